The Morgan fingerprint density at radius 1 is 1.35 bits per heavy atom. The Kier molecular flexibility index (Phi) is 5.53. The van der Waals surface area contributed by atoms with E-state index in [1.807, 2.05) is 0 Å². The van der Waals surface area contributed by atoms with Gasteiger partial charge in [-0.05, 0) is 18.4 Å². The SMILES string of the molecule is O=C(NCC1CCS(=O)(=O)C1)NCC(O)c1ccc(F)cc1F. The van der Waals surface area contributed by atoms with Crippen LogP contribution in [0.15, 0.2) is 18.2 Å². The standard InChI is InChI=1S/C14H18F2N2O4S/c15-10-1-2-11(12(16)5-10)13(19)7-18-14(20)17-6-9-3-4-23(21,22)8-9/h1-2,5,9,13,19H,3-4,6-8H2,(H2,17,18,20). The van der Waals surface area contributed by atoms with Crippen LogP contribution in [0.3, 0.4) is 0 Å². The highest BCUT2D eigenvalue weighted by Gasteiger charge is 2.27. The first-order chi connectivity index (χ1) is 10.8. The summed E-state index contributed by atoms with van der Waals surface area (Å²) in [6, 6.07) is 2.19. The number of benzene rings is 1. The van der Waals surface area contributed by atoms with Gasteiger partial charge in [-0.3, -0.25) is 0 Å². The van der Waals surface area contributed by atoms with Crippen molar-refractivity contribution >= 4 is 15.9 Å². The van der Waals surface area contributed by atoms with Gasteiger partial charge >= 0.3 is 6.03 Å². The zero-order valence-corrected chi connectivity index (χ0v) is 13.1. The predicted octanol–water partition coefficient (Wildman–Crippen LogP) is 0.732. The van der Waals surface area contributed by atoms with E-state index in [0.717, 1.165) is 12.1 Å². The molecule has 1 aliphatic heterocycles. The van der Waals surface area contributed by atoms with Crippen LogP contribution in [-0.2, 0) is 9.84 Å². The smallest absolute Gasteiger partial charge is 0.314 e. The summed E-state index contributed by atoms with van der Waals surface area (Å²) in [7, 11) is -3.00. The minimum atomic E-state index is -3.00. The molecule has 2 unspecified atom stereocenters. The summed E-state index contributed by atoms with van der Waals surface area (Å²) >= 11 is 0. The molecule has 9 heteroatoms. The molecule has 1 heterocycles. The van der Waals surface area contributed by atoms with Crippen LogP contribution in [0, 0.1) is 17.6 Å². The second-order valence-corrected chi connectivity index (χ2v) is 7.77. The number of urea groups is 1. The van der Waals surface area contributed by atoms with E-state index in [0.29, 0.717) is 12.5 Å². The Morgan fingerprint density at radius 2 is 2.09 bits per heavy atom. The van der Waals surface area contributed by atoms with Crippen molar-refractivity contribution in [2.24, 2.45) is 5.92 Å². The number of rotatable bonds is 5. The summed E-state index contributed by atoms with van der Waals surface area (Å²) in [6.45, 7) is -0.0383. The third-order valence-corrected chi connectivity index (χ3v) is 5.49. The minimum Gasteiger partial charge on any atom is -0.386 e. The van der Waals surface area contributed by atoms with Gasteiger partial charge in [-0.1, -0.05) is 6.07 Å². The first-order valence-corrected chi connectivity index (χ1v) is 8.94. The molecule has 0 spiro atoms. The maximum atomic E-state index is 13.5. The lowest BCUT2D eigenvalue weighted by Gasteiger charge is -2.15. The van der Waals surface area contributed by atoms with E-state index < -0.39 is 33.6 Å². The van der Waals surface area contributed by atoms with Crippen molar-refractivity contribution < 1.29 is 27.1 Å². The monoisotopic (exact) mass is 348 g/mol. The van der Waals surface area contributed by atoms with E-state index in [1.165, 1.54) is 0 Å². The van der Waals surface area contributed by atoms with Crippen LogP contribution in [-0.4, -0.2) is 44.2 Å². The first kappa shape index (κ1) is 17.6. The molecule has 1 aromatic carbocycles. The van der Waals surface area contributed by atoms with Gasteiger partial charge in [0.2, 0.25) is 0 Å². The van der Waals surface area contributed by atoms with Crippen molar-refractivity contribution in [2.75, 3.05) is 24.6 Å². The Balaban J connectivity index is 1.75. The van der Waals surface area contributed by atoms with Crippen LogP contribution in [0.5, 0.6) is 0 Å². The minimum absolute atomic E-state index is 0.0523. The fourth-order valence-electron chi connectivity index (χ4n) is 2.40. The quantitative estimate of drug-likeness (QED) is 0.731. The highest BCUT2D eigenvalue weighted by atomic mass is 32.2. The average Bonchev–Trinajstić information content (AvgIpc) is 2.82. The van der Waals surface area contributed by atoms with Crippen LogP contribution < -0.4 is 10.6 Å². The van der Waals surface area contributed by atoms with Gasteiger partial charge in [-0.2, -0.15) is 0 Å². The second kappa shape index (κ2) is 7.22. The number of aliphatic hydroxyl groups is 1. The van der Waals surface area contributed by atoms with E-state index in [9.17, 15) is 27.1 Å². The fourth-order valence-corrected chi connectivity index (χ4v) is 4.27. The molecule has 23 heavy (non-hydrogen) atoms. The summed E-state index contributed by atoms with van der Waals surface area (Å²) in [5.41, 5.74) is -0.117. The van der Waals surface area contributed by atoms with Crippen molar-refractivity contribution in [3.63, 3.8) is 0 Å². The molecule has 6 nitrogen and oxygen atoms in total. The molecule has 3 N–H and O–H groups in total. The molecule has 2 atom stereocenters. The van der Waals surface area contributed by atoms with Gasteiger partial charge in [0.15, 0.2) is 9.84 Å². The molecule has 1 fully saturated rings. The summed E-state index contributed by atoms with van der Waals surface area (Å²) in [6.07, 6.45) is -0.806. The van der Waals surface area contributed by atoms with Gasteiger partial charge in [0.25, 0.3) is 0 Å². The van der Waals surface area contributed by atoms with Crippen molar-refractivity contribution in [3.8, 4) is 0 Å². The second-order valence-electron chi connectivity index (χ2n) is 5.54. The average molecular weight is 348 g/mol. The van der Waals surface area contributed by atoms with Crippen LogP contribution in [0.25, 0.3) is 0 Å². The first-order valence-electron chi connectivity index (χ1n) is 7.12. The zero-order valence-electron chi connectivity index (χ0n) is 12.3. The molecular formula is C14H18F2N2O4S. The fraction of sp³-hybridized carbons (Fsp3) is 0.500. The molecular weight excluding hydrogens is 330 g/mol. The number of hydrogen-bond donors (Lipinski definition) is 3. The molecule has 1 aromatic rings. The number of aliphatic hydroxyl groups excluding tert-OH is 1. The summed E-state index contributed by atoms with van der Waals surface area (Å²) < 4.78 is 48.8. The van der Waals surface area contributed by atoms with E-state index in [2.05, 4.69) is 10.6 Å². The van der Waals surface area contributed by atoms with Gasteiger partial charge in [-0.25, -0.2) is 22.0 Å². The van der Waals surface area contributed by atoms with Crippen molar-refractivity contribution in [2.45, 2.75) is 12.5 Å². The lowest BCUT2D eigenvalue weighted by atomic mass is 10.1. The summed E-state index contributed by atoms with van der Waals surface area (Å²) in [4.78, 5) is 11.6. The molecule has 1 aliphatic rings. The number of amides is 2. The van der Waals surface area contributed by atoms with Crippen LogP contribution in [0.4, 0.5) is 13.6 Å². The highest BCUT2D eigenvalue weighted by molar-refractivity contribution is 7.91. The van der Waals surface area contributed by atoms with Gasteiger partial charge < -0.3 is 15.7 Å². The summed E-state index contributed by atoms with van der Waals surface area (Å²) in [5.74, 6) is -1.59. The molecule has 0 saturated carbocycles. The summed E-state index contributed by atoms with van der Waals surface area (Å²) in [5, 5.41) is 14.7. The van der Waals surface area contributed by atoms with Crippen LogP contribution in [0.2, 0.25) is 0 Å². The lowest BCUT2D eigenvalue weighted by Crippen LogP contribution is -2.40. The molecule has 0 aromatic heterocycles. The van der Waals surface area contributed by atoms with Gasteiger partial charge in [-0.15, -0.1) is 0 Å². The normalized spacial score (nSPS) is 20.9. The lowest BCUT2D eigenvalue weighted by molar-refractivity contribution is 0.168. The topological polar surface area (TPSA) is 95.5 Å². The number of carbonyl (C=O) groups is 1. The van der Waals surface area contributed by atoms with Crippen LogP contribution in [0.1, 0.15) is 18.1 Å². The van der Waals surface area contributed by atoms with Crippen LogP contribution >= 0.6 is 0 Å². The third-order valence-electron chi connectivity index (χ3n) is 3.66. The largest absolute Gasteiger partial charge is 0.386 e. The molecule has 0 bridgehead atoms. The molecule has 128 valence electrons. The molecule has 0 radical (unpaired) electrons. The third kappa shape index (κ3) is 5.14. The molecule has 1 saturated heterocycles. The van der Waals surface area contributed by atoms with Crippen molar-refractivity contribution in [1.82, 2.24) is 10.6 Å². The van der Waals surface area contributed by atoms with Gasteiger partial charge in [0.1, 0.15) is 11.6 Å². The maximum Gasteiger partial charge on any atom is 0.314 e. The number of halogens is 2. The van der Waals surface area contributed by atoms with Crippen molar-refractivity contribution in [3.05, 3.63) is 35.4 Å². The van der Waals surface area contributed by atoms with E-state index >= 15 is 0 Å². The maximum absolute atomic E-state index is 13.5. The van der Waals surface area contributed by atoms with Crippen molar-refractivity contribution in [1.29, 1.82) is 0 Å². The van der Waals surface area contributed by atoms with E-state index in [1.54, 1.807) is 0 Å². The number of sulfone groups is 1. The Morgan fingerprint density at radius 3 is 2.70 bits per heavy atom. The van der Waals surface area contributed by atoms with Gasteiger partial charge in [0, 0.05) is 24.7 Å². The molecule has 0 aliphatic carbocycles. The van der Waals surface area contributed by atoms with Gasteiger partial charge in [0.05, 0.1) is 17.6 Å². The Hall–Kier alpha value is -1.74. The Labute approximate surface area is 132 Å². The van der Waals surface area contributed by atoms with E-state index in [4.69, 9.17) is 0 Å². The number of carbonyl (C=O) groups excluding carboxylic acids is 1. The zero-order chi connectivity index (χ0) is 17.0. The molecule has 2 rings (SSSR count). The number of nitrogens with one attached hydrogen (secondary N) is 2. The highest BCUT2D eigenvalue weighted by Crippen LogP contribution is 2.18. The van der Waals surface area contributed by atoms with E-state index in [-0.39, 0.29) is 36.1 Å². The predicted molar refractivity (Wildman–Crippen MR) is 79.5 cm³/mol. The number of hydrogen-bond acceptors (Lipinski definition) is 4. The molecule has 2 amide bonds. The Bertz CT molecular complexity index is 681.